The van der Waals surface area contributed by atoms with E-state index < -0.39 is 84.6 Å². The maximum Gasteiger partial charge on any atom is 0.481 e. The van der Waals surface area contributed by atoms with Gasteiger partial charge in [0.1, 0.15) is 36.3 Å². The normalized spacial score (nSPS) is 22.0. The highest BCUT2D eigenvalue weighted by atomic mass is 32.2. The van der Waals surface area contributed by atoms with Crippen molar-refractivity contribution in [2.24, 2.45) is 5.41 Å². The average Bonchev–Trinajstić information content (AvgIpc) is 3.64. The third kappa shape index (κ3) is 14.6. The Morgan fingerprint density at radius 2 is 1.76 bits per heavy atom. The first-order chi connectivity index (χ1) is 25.6. The summed E-state index contributed by atoms with van der Waals surface area (Å²) in [6, 6.07) is 0. The molecule has 3 heterocycles. The number of amides is 2. The van der Waals surface area contributed by atoms with Crippen LogP contribution in [0, 0.1) is 5.41 Å². The van der Waals surface area contributed by atoms with Crippen LogP contribution in [-0.2, 0) is 50.7 Å². The van der Waals surface area contributed by atoms with Gasteiger partial charge in [-0.05, 0) is 6.42 Å². The Labute approximate surface area is 318 Å². The number of nitrogen functional groups attached to an aromatic ring is 1. The average molecular weight is 864 g/mol. The van der Waals surface area contributed by atoms with Crippen LogP contribution in [0.5, 0.6) is 0 Å². The van der Waals surface area contributed by atoms with Gasteiger partial charge in [-0.1, -0.05) is 44.7 Å². The summed E-state index contributed by atoms with van der Waals surface area (Å²) < 4.78 is 62.0. The van der Waals surface area contributed by atoms with E-state index >= 15 is 0 Å². The first kappa shape index (κ1) is 46.7. The number of phosphoric acid groups is 3. The summed E-state index contributed by atoms with van der Waals surface area (Å²) in [7, 11) is -16.4. The van der Waals surface area contributed by atoms with Crippen LogP contribution in [0.4, 0.5) is 5.82 Å². The topological polar surface area (TPSA) is 364 Å². The third-order valence-electron chi connectivity index (χ3n) is 7.45. The second-order valence-electron chi connectivity index (χ2n) is 12.4. The SMILES string of the molecule is CC/C=C\CC(=O)SCCNC(=O)CCNC(=O)C(O)C(C)(C)COP(=O)(O)OP(=O)(O)OCC1OC(n2cnc3c(N)ncnc32)C(O)C1OP(=O)(O)O. The molecular formula is C27H44N7O17P3S. The molecule has 28 heteroatoms. The molecule has 0 bridgehead atoms. The zero-order valence-electron chi connectivity index (χ0n) is 29.6. The number of phosphoric ester groups is 3. The number of aliphatic hydroxyl groups is 2. The Hall–Kier alpha value is -2.70. The third-order valence-corrected chi connectivity index (χ3v) is 11.4. The molecule has 2 amide bonds. The standard InChI is InChI=1S/C27H44N7O17P3S/c1-4-5-6-7-18(36)55-11-10-29-17(35)8-9-30-25(39)22(38)27(2,3)13-48-54(45,46)51-53(43,44)47-12-16-21(50-52(40,41)42)20(37)26(49-16)34-15-33-19-23(28)31-14-32-24(19)34/h5-6,14-16,20-22,26,37-38H,4,7-13H2,1-3H3,(H,29,35)(H,30,39)(H,43,44)(H,45,46)(H2,28,31,32)(H2,40,41,42)/b6-5-. The molecule has 55 heavy (non-hydrogen) atoms. The smallest absolute Gasteiger partial charge is 0.386 e. The number of aliphatic hydroxyl groups excluding tert-OH is 2. The number of rotatable bonds is 22. The number of carbonyl (C=O) groups excluding carboxylic acids is 3. The van der Waals surface area contributed by atoms with E-state index in [-0.39, 0.29) is 48.0 Å². The molecular weight excluding hydrogens is 819 g/mol. The van der Waals surface area contributed by atoms with Gasteiger partial charge in [-0.3, -0.25) is 32.5 Å². The molecule has 2 aromatic rings. The molecule has 0 aromatic carbocycles. The fraction of sp³-hybridized carbons (Fsp3) is 0.630. The predicted octanol–water partition coefficient (Wildman–Crippen LogP) is 0.0210. The Bertz CT molecular complexity index is 1830. The number of aromatic nitrogens is 4. The highest BCUT2D eigenvalue weighted by Gasteiger charge is 2.50. The van der Waals surface area contributed by atoms with Gasteiger partial charge in [-0.15, -0.1) is 0 Å². The quantitative estimate of drug-likeness (QED) is 0.0428. The zero-order chi connectivity index (χ0) is 41.2. The van der Waals surface area contributed by atoms with Crippen LogP contribution in [-0.4, -0.2) is 123 Å². The van der Waals surface area contributed by atoms with Crippen molar-refractivity contribution in [3.8, 4) is 0 Å². The molecule has 10 N–H and O–H groups in total. The van der Waals surface area contributed by atoms with Gasteiger partial charge in [-0.25, -0.2) is 28.6 Å². The first-order valence-electron chi connectivity index (χ1n) is 16.3. The van der Waals surface area contributed by atoms with E-state index in [9.17, 15) is 57.9 Å². The molecule has 2 aromatic heterocycles. The predicted molar refractivity (Wildman–Crippen MR) is 191 cm³/mol. The van der Waals surface area contributed by atoms with E-state index in [0.717, 1.165) is 35.4 Å². The number of nitrogens with one attached hydrogen (secondary N) is 2. The largest absolute Gasteiger partial charge is 0.481 e. The fourth-order valence-corrected chi connectivity index (χ4v) is 8.18. The molecule has 310 valence electrons. The highest BCUT2D eigenvalue weighted by Crippen LogP contribution is 2.61. The van der Waals surface area contributed by atoms with Crippen LogP contribution >= 0.6 is 35.2 Å². The van der Waals surface area contributed by atoms with Crippen molar-refractivity contribution in [1.29, 1.82) is 0 Å². The first-order valence-corrected chi connectivity index (χ1v) is 21.8. The van der Waals surface area contributed by atoms with Gasteiger partial charge in [0.2, 0.25) is 11.8 Å². The molecule has 0 saturated carbocycles. The van der Waals surface area contributed by atoms with Gasteiger partial charge in [-0.2, -0.15) is 4.31 Å². The minimum Gasteiger partial charge on any atom is -0.386 e. The molecule has 7 atom stereocenters. The number of ether oxygens (including phenoxy) is 1. The summed E-state index contributed by atoms with van der Waals surface area (Å²) in [6.07, 6.45) is -2.16. The van der Waals surface area contributed by atoms with Gasteiger partial charge in [0, 0.05) is 37.1 Å². The van der Waals surface area contributed by atoms with E-state index in [2.05, 4.69) is 34.4 Å². The van der Waals surface area contributed by atoms with Gasteiger partial charge in [0.15, 0.2) is 22.8 Å². The van der Waals surface area contributed by atoms with Crippen molar-refractivity contribution in [1.82, 2.24) is 30.2 Å². The van der Waals surface area contributed by atoms with Crippen LogP contribution in [0.3, 0.4) is 0 Å². The molecule has 24 nitrogen and oxygen atoms in total. The van der Waals surface area contributed by atoms with Crippen LogP contribution in [0.2, 0.25) is 0 Å². The van der Waals surface area contributed by atoms with E-state index in [1.807, 2.05) is 13.0 Å². The number of hydrogen-bond acceptors (Lipinski definition) is 18. The second kappa shape index (κ2) is 20.1. The molecule has 7 unspecified atom stereocenters. The molecule has 1 fully saturated rings. The summed E-state index contributed by atoms with van der Waals surface area (Å²) in [5.74, 6) is -1.10. The summed E-state index contributed by atoms with van der Waals surface area (Å²) in [5.41, 5.74) is 4.26. The van der Waals surface area contributed by atoms with Crippen LogP contribution in [0.1, 0.15) is 46.3 Å². The molecule has 3 rings (SSSR count). The molecule has 1 aliphatic rings. The number of imidazole rings is 1. The number of hydrogen-bond donors (Lipinski definition) is 9. The van der Waals surface area contributed by atoms with Crippen molar-refractivity contribution in [2.75, 3.05) is 37.8 Å². The number of fused-ring (bicyclic) bond motifs is 1. The molecule has 0 aliphatic carbocycles. The number of allylic oxidation sites excluding steroid dienone is 2. The van der Waals surface area contributed by atoms with Gasteiger partial charge >= 0.3 is 23.5 Å². The Kier molecular flexibility index (Phi) is 17.1. The fourth-order valence-electron chi connectivity index (χ4n) is 4.70. The van der Waals surface area contributed by atoms with Gasteiger partial charge in [0.25, 0.3) is 0 Å². The van der Waals surface area contributed by atoms with Crippen molar-refractivity contribution >= 4 is 69.1 Å². The van der Waals surface area contributed by atoms with Crippen molar-refractivity contribution < 1.29 is 80.5 Å². The van der Waals surface area contributed by atoms with E-state index in [1.165, 1.54) is 13.8 Å². The molecule has 1 aliphatic heterocycles. The Morgan fingerprint density at radius 3 is 2.44 bits per heavy atom. The summed E-state index contributed by atoms with van der Waals surface area (Å²) in [5, 5.41) is 26.3. The van der Waals surface area contributed by atoms with E-state index in [0.29, 0.717) is 5.75 Å². The summed E-state index contributed by atoms with van der Waals surface area (Å²) in [4.78, 5) is 87.2. The second-order valence-corrected chi connectivity index (χ2v) is 17.8. The number of nitrogens with zero attached hydrogens (tertiary/aromatic N) is 4. The maximum absolute atomic E-state index is 12.7. The molecule has 1 saturated heterocycles. The summed E-state index contributed by atoms with van der Waals surface area (Å²) >= 11 is 1.07. The highest BCUT2D eigenvalue weighted by molar-refractivity contribution is 8.13. The number of carbonyl (C=O) groups is 3. The van der Waals surface area contributed by atoms with Gasteiger partial charge in [0.05, 0.1) is 19.5 Å². The lowest BCUT2D eigenvalue weighted by Gasteiger charge is -2.30. The minimum absolute atomic E-state index is 0.0306. The Balaban J connectivity index is 1.49. The lowest BCUT2D eigenvalue weighted by molar-refractivity contribution is -0.137. The van der Waals surface area contributed by atoms with Crippen LogP contribution in [0.15, 0.2) is 24.8 Å². The van der Waals surface area contributed by atoms with Crippen LogP contribution < -0.4 is 16.4 Å². The number of thioether (sulfide) groups is 1. The Morgan fingerprint density at radius 1 is 1.07 bits per heavy atom. The van der Waals surface area contributed by atoms with Gasteiger partial charge < -0.3 is 50.9 Å². The maximum atomic E-state index is 12.7. The number of nitrogens with two attached hydrogens (primary N) is 1. The minimum atomic E-state index is -5.57. The van der Waals surface area contributed by atoms with Crippen molar-refractivity contribution in [3.63, 3.8) is 0 Å². The van der Waals surface area contributed by atoms with Crippen LogP contribution in [0.25, 0.3) is 11.2 Å². The molecule has 0 spiro atoms. The molecule has 0 radical (unpaired) electrons. The lowest BCUT2D eigenvalue weighted by atomic mass is 9.87. The van der Waals surface area contributed by atoms with E-state index in [1.54, 1.807) is 6.08 Å². The van der Waals surface area contributed by atoms with Crippen molar-refractivity contribution in [3.05, 3.63) is 24.8 Å². The number of anilines is 1. The zero-order valence-corrected chi connectivity index (χ0v) is 33.1. The van der Waals surface area contributed by atoms with Crippen molar-refractivity contribution in [2.45, 2.75) is 70.7 Å². The summed E-state index contributed by atoms with van der Waals surface area (Å²) in [6.45, 7) is 2.45. The lowest BCUT2D eigenvalue weighted by Crippen LogP contribution is -2.46. The monoisotopic (exact) mass is 863 g/mol. The van der Waals surface area contributed by atoms with E-state index in [4.69, 9.17) is 19.5 Å².